The SMILES string of the molecule is C=CC1C(N=P)CC(C(=O)OPP)N1C. The molecule has 15 heavy (non-hydrogen) atoms. The van der Waals surface area contributed by atoms with Gasteiger partial charge < -0.3 is 4.52 Å². The molecule has 1 fully saturated rings. The van der Waals surface area contributed by atoms with E-state index in [4.69, 9.17) is 4.52 Å². The number of carbonyl (C=O) groups excluding carboxylic acids is 1. The average molecular weight is 264 g/mol. The van der Waals surface area contributed by atoms with Crippen molar-refractivity contribution in [3.8, 4) is 0 Å². The van der Waals surface area contributed by atoms with Crippen LogP contribution in [-0.2, 0) is 9.32 Å². The van der Waals surface area contributed by atoms with Crippen molar-refractivity contribution in [2.75, 3.05) is 7.05 Å². The van der Waals surface area contributed by atoms with Crippen molar-refractivity contribution in [2.24, 2.45) is 4.74 Å². The highest BCUT2D eigenvalue weighted by Crippen LogP contribution is 2.30. The van der Waals surface area contributed by atoms with Gasteiger partial charge in [0, 0.05) is 0 Å². The quantitative estimate of drug-likeness (QED) is 0.575. The lowest BCUT2D eigenvalue weighted by molar-refractivity contribution is -0.138. The van der Waals surface area contributed by atoms with Crippen LogP contribution in [0.4, 0.5) is 0 Å². The molecular formula is C8H15N2O2P3. The van der Waals surface area contributed by atoms with Gasteiger partial charge in [-0.2, -0.15) is 0 Å². The summed E-state index contributed by atoms with van der Waals surface area (Å²) >= 11 is 0. The molecule has 1 saturated heterocycles. The Morgan fingerprint density at radius 1 is 1.87 bits per heavy atom. The third kappa shape index (κ3) is 2.82. The summed E-state index contributed by atoms with van der Waals surface area (Å²) in [5.74, 6) is -0.185. The molecule has 1 heterocycles. The van der Waals surface area contributed by atoms with Gasteiger partial charge in [0.2, 0.25) is 0 Å². The molecule has 0 saturated carbocycles. The zero-order chi connectivity index (χ0) is 11.4. The van der Waals surface area contributed by atoms with Crippen LogP contribution in [0.1, 0.15) is 6.42 Å². The first kappa shape index (κ1) is 13.2. The molecule has 1 aliphatic rings. The molecule has 5 unspecified atom stereocenters. The molecule has 1 rings (SSSR count). The maximum Gasteiger partial charge on any atom is 0.326 e. The van der Waals surface area contributed by atoms with Gasteiger partial charge >= 0.3 is 5.97 Å². The van der Waals surface area contributed by atoms with Crippen LogP contribution in [-0.4, -0.2) is 36.0 Å². The van der Waals surface area contributed by atoms with Gasteiger partial charge in [-0.3, -0.25) is 14.4 Å². The van der Waals surface area contributed by atoms with Crippen molar-refractivity contribution in [3.63, 3.8) is 0 Å². The van der Waals surface area contributed by atoms with Crippen LogP contribution in [0.15, 0.2) is 17.4 Å². The second kappa shape index (κ2) is 6.01. The van der Waals surface area contributed by atoms with E-state index < -0.39 is 0 Å². The lowest BCUT2D eigenvalue weighted by atomic mass is 10.1. The van der Waals surface area contributed by atoms with E-state index in [-0.39, 0.29) is 32.6 Å². The van der Waals surface area contributed by atoms with E-state index in [1.54, 1.807) is 0 Å². The van der Waals surface area contributed by atoms with E-state index in [1.165, 1.54) is 0 Å². The average Bonchev–Trinajstić information content (AvgIpc) is 2.55. The Balaban J connectivity index is 2.74. The lowest BCUT2D eigenvalue weighted by Gasteiger charge is -2.22. The molecule has 0 radical (unpaired) electrons. The molecule has 5 atom stereocenters. The van der Waals surface area contributed by atoms with Gasteiger partial charge in [-0.25, -0.2) is 0 Å². The van der Waals surface area contributed by atoms with Crippen molar-refractivity contribution < 1.29 is 9.32 Å². The molecule has 0 N–H and O–H groups in total. The van der Waals surface area contributed by atoms with Gasteiger partial charge in [0.15, 0.2) is 0 Å². The van der Waals surface area contributed by atoms with Crippen molar-refractivity contribution in [1.82, 2.24) is 4.90 Å². The first-order chi connectivity index (χ1) is 7.15. The molecule has 0 aromatic heterocycles. The van der Waals surface area contributed by atoms with E-state index in [0.29, 0.717) is 6.42 Å². The largest absolute Gasteiger partial charge is 0.443 e. The number of likely N-dealkylation sites (tertiary alicyclic amines) is 1. The third-order valence-electron chi connectivity index (χ3n) is 2.66. The van der Waals surface area contributed by atoms with Gasteiger partial charge in [0.25, 0.3) is 0 Å². The van der Waals surface area contributed by atoms with Gasteiger partial charge in [0.05, 0.1) is 20.6 Å². The van der Waals surface area contributed by atoms with E-state index in [9.17, 15) is 4.79 Å². The van der Waals surface area contributed by atoms with Crippen molar-refractivity contribution >= 4 is 32.4 Å². The Labute approximate surface area is 96.1 Å². The molecule has 0 aromatic rings. The van der Waals surface area contributed by atoms with Crippen LogP contribution >= 0.6 is 26.5 Å². The second-order valence-corrected chi connectivity index (χ2v) is 4.78. The predicted molar refractivity (Wildman–Crippen MR) is 68.8 cm³/mol. The fraction of sp³-hybridized carbons (Fsp3) is 0.625. The lowest BCUT2D eigenvalue weighted by Crippen LogP contribution is -2.37. The predicted octanol–water partition coefficient (Wildman–Crippen LogP) is 1.87. The Kier molecular flexibility index (Phi) is 5.29. The zero-order valence-electron chi connectivity index (χ0n) is 8.51. The molecule has 0 amide bonds. The van der Waals surface area contributed by atoms with Crippen LogP contribution < -0.4 is 0 Å². The summed E-state index contributed by atoms with van der Waals surface area (Å²) in [7, 11) is 7.54. The highest BCUT2D eigenvalue weighted by Gasteiger charge is 2.41. The molecule has 1 aliphatic heterocycles. The minimum Gasteiger partial charge on any atom is -0.443 e. The Morgan fingerprint density at radius 3 is 2.93 bits per heavy atom. The number of likely N-dealkylation sites (N-methyl/N-ethyl adjacent to an activating group) is 1. The monoisotopic (exact) mass is 264 g/mol. The highest BCUT2D eigenvalue weighted by atomic mass is 32.0. The Morgan fingerprint density at radius 2 is 2.53 bits per heavy atom. The molecule has 0 aromatic carbocycles. The number of hydrogen-bond acceptors (Lipinski definition) is 4. The maximum absolute atomic E-state index is 11.6. The summed E-state index contributed by atoms with van der Waals surface area (Å²) in [5, 5.41) is 0. The Bertz CT molecular complexity index is 275. The number of hydrogen-bond donors (Lipinski definition) is 0. The molecule has 0 bridgehead atoms. The fourth-order valence-corrected chi connectivity index (χ4v) is 2.71. The van der Waals surface area contributed by atoms with Crippen molar-refractivity contribution in [1.29, 1.82) is 0 Å². The summed E-state index contributed by atoms with van der Waals surface area (Å²) in [6.45, 7) is 3.75. The zero-order valence-corrected chi connectivity index (χ0v) is 11.7. The highest BCUT2D eigenvalue weighted by molar-refractivity contribution is 8.00. The summed E-state index contributed by atoms with van der Waals surface area (Å²) in [5.41, 5.74) is 0. The van der Waals surface area contributed by atoms with Gasteiger partial charge in [0.1, 0.15) is 6.04 Å². The smallest absolute Gasteiger partial charge is 0.326 e. The van der Waals surface area contributed by atoms with E-state index in [0.717, 1.165) is 0 Å². The molecule has 84 valence electrons. The molecular weight excluding hydrogens is 249 g/mol. The summed E-state index contributed by atoms with van der Waals surface area (Å²) < 4.78 is 9.07. The number of nitrogens with zero attached hydrogens (tertiary/aromatic N) is 2. The summed E-state index contributed by atoms with van der Waals surface area (Å²) in [6, 6.07) is -0.0615. The van der Waals surface area contributed by atoms with Crippen LogP contribution in [0.3, 0.4) is 0 Å². The first-order valence-electron chi connectivity index (χ1n) is 4.53. The van der Waals surface area contributed by atoms with Gasteiger partial charge in [-0.1, -0.05) is 15.0 Å². The topological polar surface area (TPSA) is 41.9 Å². The first-order valence-corrected chi connectivity index (χ1v) is 7.69. The van der Waals surface area contributed by atoms with Crippen LogP contribution in [0.25, 0.3) is 0 Å². The van der Waals surface area contributed by atoms with Crippen molar-refractivity contribution in [2.45, 2.75) is 24.5 Å². The number of carbonyl (C=O) groups is 1. The second-order valence-electron chi connectivity index (χ2n) is 3.38. The standard InChI is InChI=1S/C8H15N2O2P3/c1-3-6-5(9-13)4-7(10(6)2)8(11)12-15-14/h3,5-7,13,15H,1,4,14H2,2H3. The fourth-order valence-electron chi connectivity index (χ4n) is 1.85. The minimum atomic E-state index is -0.217. The molecule has 0 aliphatic carbocycles. The Hall–Kier alpha value is 0.130. The van der Waals surface area contributed by atoms with E-state index in [1.807, 2.05) is 18.0 Å². The summed E-state index contributed by atoms with van der Waals surface area (Å²) in [4.78, 5) is 13.6. The normalized spacial score (nSPS) is 32.0. The van der Waals surface area contributed by atoms with Gasteiger partial charge in [-0.15, -0.1) is 6.58 Å². The molecule has 7 heteroatoms. The van der Waals surface area contributed by atoms with Gasteiger partial charge in [-0.05, 0) is 22.5 Å². The van der Waals surface area contributed by atoms with E-state index in [2.05, 4.69) is 29.3 Å². The van der Waals surface area contributed by atoms with E-state index >= 15 is 0 Å². The van der Waals surface area contributed by atoms with Crippen molar-refractivity contribution in [3.05, 3.63) is 12.7 Å². The molecule has 4 nitrogen and oxygen atoms in total. The van der Waals surface area contributed by atoms with Crippen LogP contribution in [0, 0.1) is 0 Å². The third-order valence-corrected chi connectivity index (χ3v) is 3.66. The maximum atomic E-state index is 11.6. The number of rotatable bonds is 4. The molecule has 0 spiro atoms. The van der Waals surface area contributed by atoms with Crippen LogP contribution in [0.2, 0.25) is 0 Å². The summed E-state index contributed by atoms with van der Waals surface area (Å²) in [6.07, 6.45) is 2.48. The van der Waals surface area contributed by atoms with Crippen LogP contribution in [0.5, 0.6) is 0 Å². The minimum absolute atomic E-state index is 0.0644.